The molecule has 0 aliphatic carbocycles. The fourth-order valence-corrected chi connectivity index (χ4v) is 2.49. The maximum absolute atomic E-state index is 12.1. The van der Waals surface area contributed by atoms with Gasteiger partial charge in [0.2, 0.25) is 5.91 Å². The minimum Gasteiger partial charge on any atom is -0.349 e. The van der Waals surface area contributed by atoms with E-state index in [0.717, 1.165) is 5.65 Å². The molecule has 7 heteroatoms. The number of carbonyl (C=O) groups is 2. The molecule has 128 valence electrons. The minimum atomic E-state index is -0.275. The number of rotatable bonds is 6. The van der Waals surface area contributed by atoms with Crippen molar-refractivity contribution in [2.75, 3.05) is 0 Å². The first kappa shape index (κ1) is 16.6. The molecule has 0 saturated carbocycles. The highest BCUT2D eigenvalue weighted by molar-refractivity contribution is 5.94. The van der Waals surface area contributed by atoms with Crippen molar-refractivity contribution in [1.82, 2.24) is 25.2 Å². The number of nitrogens with one attached hydrogen (secondary N) is 2. The lowest BCUT2D eigenvalue weighted by atomic mass is 10.1. The number of aromatic nitrogens is 3. The van der Waals surface area contributed by atoms with Gasteiger partial charge in [0.05, 0.1) is 6.54 Å². The quantitative estimate of drug-likeness (QED) is 0.714. The Labute approximate surface area is 145 Å². The van der Waals surface area contributed by atoms with Gasteiger partial charge >= 0.3 is 0 Å². The molecule has 1 atom stereocenters. The number of amides is 2. The highest BCUT2D eigenvalue weighted by Crippen LogP contribution is 2.03. The van der Waals surface area contributed by atoms with Gasteiger partial charge in [0.1, 0.15) is 0 Å². The molecule has 7 nitrogen and oxygen atoms in total. The third kappa shape index (κ3) is 4.20. The first-order valence-corrected chi connectivity index (χ1v) is 8.05. The molecule has 2 heterocycles. The number of nitrogens with zero attached hydrogens (tertiary/aromatic N) is 3. The fourth-order valence-electron chi connectivity index (χ4n) is 2.49. The number of hydrogen-bond donors (Lipinski definition) is 2. The van der Waals surface area contributed by atoms with Crippen LogP contribution in [0.2, 0.25) is 0 Å². The van der Waals surface area contributed by atoms with Gasteiger partial charge in [0.25, 0.3) is 5.91 Å². The molecule has 1 aromatic carbocycles. The van der Waals surface area contributed by atoms with Crippen LogP contribution in [0.4, 0.5) is 0 Å². The van der Waals surface area contributed by atoms with Crippen molar-refractivity contribution in [1.29, 1.82) is 0 Å². The van der Waals surface area contributed by atoms with Crippen LogP contribution in [-0.4, -0.2) is 32.5 Å². The highest BCUT2D eigenvalue weighted by Gasteiger charge is 2.14. The van der Waals surface area contributed by atoms with Gasteiger partial charge in [-0.3, -0.25) is 14.0 Å². The Kier molecular flexibility index (Phi) is 5.03. The lowest BCUT2D eigenvalue weighted by molar-refractivity contribution is -0.121. The Morgan fingerprint density at radius 1 is 1.08 bits per heavy atom. The van der Waals surface area contributed by atoms with E-state index in [9.17, 15) is 9.59 Å². The largest absolute Gasteiger partial charge is 0.349 e. The van der Waals surface area contributed by atoms with Crippen molar-refractivity contribution in [2.24, 2.45) is 0 Å². The van der Waals surface area contributed by atoms with Crippen LogP contribution in [0.15, 0.2) is 54.7 Å². The summed E-state index contributed by atoms with van der Waals surface area (Å²) in [5.74, 6) is 0.308. The normalized spacial score (nSPS) is 11.9. The van der Waals surface area contributed by atoms with Crippen LogP contribution in [0, 0.1) is 0 Å². The maximum atomic E-state index is 12.1. The van der Waals surface area contributed by atoms with E-state index in [1.807, 2.05) is 34.9 Å². The van der Waals surface area contributed by atoms with E-state index < -0.39 is 0 Å². The Morgan fingerprint density at radius 2 is 1.84 bits per heavy atom. The molecule has 0 aliphatic heterocycles. The summed E-state index contributed by atoms with van der Waals surface area (Å²) in [7, 11) is 0. The predicted molar refractivity (Wildman–Crippen MR) is 92.8 cm³/mol. The zero-order valence-electron chi connectivity index (χ0n) is 13.8. The molecule has 0 fully saturated rings. The Hall–Kier alpha value is -3.22. The molecule has 3 aromatic rings. The smallest absolute Gasteiger partial charge is 0.251 e. The van der Waals surface area contributed by atoms with Gasteiger partial charge in [-0.2, -0.15) is 0 Å². The lowest BCUT2D eigenvalue weighted by Crippen LogP contribution is -2.37. The van der Waals surface area contributed by atoms with Crippen LogP contribution < -0.4 is 10.6 Å². The number of pyridine rings is 1. The molecular formula is C18H19N5O2. The predicted octanol–water partition coefficient (Wildman–Crippen LogP) is 1.55. The number of benzene rings is 1. The lowest BCUT2D eigenvalue weighted by Gasteiger charge is -2.13. The third-order valence-corrected chi connectivity index (χ3v) is 3.73. The molecule has 25 heavy (non-hydrogen) atoms. The Morgan fingerprint density at radius 3 is 2.64 bits per heavy atom. The summed E-state index contributed by atoms with van der Waals surface area (Å²) in [6, 6.07) is 14.2. The first-order valence-electron chi connectivity index (χ1n) is 8.05. The zero-order chi connectivity index (χ0) is 17.6. The molecule has 2 amide bonds. The van der Waals surface area contributed by atoms with Crippen molar-refractivity contribution in [3.05, 3.63) is 66.1 Å². The van der Waals surface area contributed by atoms with E-state index >= 15 is 0 Å². The Balaban J connectivity index is 1.49. The van der Waals surface area contributed by atoms with Crippen LogP contribution in [-0.2, 0) is 11.3 Å². The molecule has 0 aliphatic rings. The standard InChI is InChI=1S/C18H19N5O2/c1-13(20-18(25)14-7-3-2-4-8-14)11-17(24)19-12-16-22-21-15-9-5-6-10-23(15)16/h2-10,13H,11-12H2,1H3,(H,19,24)(H,20,25). The zero-order valence-corrected chi connectivity index (χ0v) is 13.8. The van der Waals surface area contributed by atoms with Crippen LogP contribution in [0.3, 0.4) is 0 Å². The second-order valence-corrected chi connectivity index (χ2v) is 5.77. The molecule has 3 rings (SSSR count). The molecule has 0 saturated heterocycles. The van der Waals surface area contributed by atoms with E-state index in [1.165, 1.54) is 0 Å². The van der Waals surface area contributed by atoms with E-state index in [-0.39, 0.29) is 30.8 Å². The van der Waals surface area contributed by atoms with E-state index in [2.05, 4.69) is 20.8 Å². The summed E-state index contributed by atoms with van der Waals surface area (Å²) >= 11 is 0. The second-order valence-electron chi connectivity index (χ2n) is 5.77. The second kappa shape index (κ2) is 7.57. The number of fused-ring (bicyclic) bond motifs is 1. The van der Waals surface area contributed by atoms with Crippen molar-refractivity contribution in [3.8, 4) is 0 Å². The maximum Gasteiger partial charge on any atom is 0.251 e. The van der Waals surface area contributed by atoms with E-state index in [4.69, 9.17) is 0 Å². The van der Waals surface area contributed by atoms with Crippen molar-refractivity contribution in [3.63, 3.8) is 0 Å². The molecular weight excluding hydrogens is 318 g/mol. The average molecular weight is 337 g/mol. The van der Waals surface area contributed by atoms with E-state index in [0.29, 0.717) is 11.4 Å². The molecule has 2 aromatic heterocycles. The van der Waals surface area contributed by atoms with Gasteiger partial charge in [-0.15, -0.1) is 10.2 Å². The monoisotopic (exact) mass is 337 g/mol. The van der Waals surface area contributed by atoms with Crippen LogP contribution in [0.25, 0.3) is 5.65 Å². The van der Waals surface area contributed by atoms with Gasteiger partial charge in [0.15, 0.2) is 11.5 Å². The van der Waals surface area contributed by atoms with Gasteiger partial charge < -0.3 is 10.6 Å². The van der Waals surface area contributed by atoms with Gasteiger partial charge in [-0.25, -0.2) is 0 Å². The first-order chi connectivity index (χ1) is 12.1. The summed E-state index contributed by atoms with van der Waals surface area (Å²) in [6.07, 6.45) is 2.04. The van der Waals surface area contributed by atoms with Crippen LogP contribution >= 0.6 is 0 Å². The van der Waals surface area contributed by atoms with Crippen LogP contribution in [0.1, 0.15) is 29.5 Å². The fraction of sp³-hybridized carbons (Fsp3) is 0.222. The van der Waals surface area contributed by atoms with Gasteiger partial charge in [-0.05, 0) is 31.2 Å². The van der Waals surface area contributed by atoms with Gasteiger partial charge in [0, 0.05) is 24.2 Å². The highest BCUT2D eigenvalue weighted by atomic mass is 16.2. The van der Waals surface area contributed by atoms with Gasteiger partial charge in [-0.1, -0.05) is 24.3 Å². The van der Waals surface area contributed by atoms with Crippen molar-refractivity contribution >= 4 is 17.5 Å². The summed E-state index contributed by atoms with van der Waals surface area (Å²) in [6.45, 7) is 2.08. The number of hydrogen-bond acceptors (Lipinski definition) is 4. The SMILES string of the molecule is CC(CC(=O)NCc1nnc2ccccn12)NC(=O)c1ccccc1. The molecule has 0 radical (unpaired) electrons. The Bertz CT molecular complexity index is 875. The summed E-state index contributed by atoms with van der Waals surface area (Å²) in [5, 5.41) is 13.7. The minimum absolute atomic E-state index is 0.159. The van der Waals surface area contributed by atoms with Crippen LogP contribution in [0.5, 0.6) is 0 Å². The summed E-state index contributed by atoms with van der Waals surface area (Å²) in [5.41, 5.74) is 1.31. The van der Waals surface area contributed by atoms with Crippen molar-refractivity contribution in [2.45, 2.75) is 25.9 Å². The summed E-state index contributed by atoms with van der Waals surface area (Å²) in [4.78, 5) is 24.1. The average Bonchev–Trinajstić information content (AvgIpc) is 3.04. The third-order valence-electron chi connectivity index (χ3n) is 3.73. The number of carbonyl (C=O) groups excluding carboxylic acids is 2. The topological polar surface area (TPSA) is 88.4 Å². The summed E-state index contributed by atoms with van der Waals surface area (Å²) < 4.78 is 1.82. The van der Waals surface area contributed by atoms with E-state index in [1.54, 1.807) is 31.2 Å². The molecule has 0 bridgehead atoms. The molecule has 2 N–H and O–H groups in total. The molecule has 0 spiro atoms. The van der Waals surface area contributed by atoms with Crippen molar-refractivity contribution < 1.29 is 9.59 Å². The molecule has 1 unspecified atom stereocenters.